The molecule has 2 heterocycles. The maximum atomic E-state index is 11.1. The molecule has 0 amide bonds. The minimum absolute atomic E-state index is 0.0538. The maximum Gasteiger partial charge on any atom is 0.372 e. The molecule has 1 unspecified atom stereocenters. The van der Waals surface area contributed by atoms with E-state index < -0.39 is 5.97 Å². The topological polar surface area (TPSA) is 65.7 Å². The molecule has 1 aromatic carbocycles. The van der Waals surface area contributed by atoms with Crippen molar-refractivity contribution in [3.8, 4) is 0 Å². The molecule has 116 valence electrons. The van der Waals surface area contributed by atoms with E-state index in [1.54, 1.807) is 6.07 Å². The number of likely N-dealkylation sites (tertiary alicyclic amines) is 1. The summed E-state index contributed by atoms with van der Waals surface area (Å²) in [5, 5.41) is 12.7. The van der Waals surface area contributed by atoms with E-state index in [0.29, 0.717) is 12.6 Å². The van der Waals surface area contributed by atoms with Gasteiger partial charge >= 0.3 is 5.97 Å². The number of carboxylic acids is 1. The number of carboxylic acid groups (broad SMARTS) is 1. The number of rotatable bonds is 5. The highest BCUT2D eigenvalue weighted by Crippen LogP contribution is 2.19. The van der Waals surface area contributed by atoms with Crippen molar-refractivity contribution in [3.63, 3.8) is 0 Å². The van der Waals surface area contributed by atoms with Crippen LogP contribution in [0.25, 0.3) is 0 Å². The number of nitrogens with one attached hydrogen (secondary N) is 1. The second kappa shape index (κ2) is 6.66. The Morgan fingerprint density at radius 1 is 1.32 bits per heavy atom. The molecule has 3 rings (SSSR count). The van der Waals surface area contributed by atoms with Crippen LogP contribution in [-0.4, -0.2) is 35.1 Å². The highest BCUT2D eigenvalue weighted by Gasteiger charge is 2.22. The lowest BCUT2D eigenvalue weighted by Crippen LogP contribution is -2.41. The van der Waals surface area contributed by atoms with Crippen molar-refractivity contribution < 1.29 is 14.3 Å². The van der Waals surface area contributed by atoms with E-state index in [0.717, 1.165) is 37.2 Å². The van der Waals surface area contributed by atoms with Gasteiger partial charge in [0.1, 0.15) is 0 Å². The molecule has 2 N–H and O–H groups in total. The first-order valence-corrected chi connectivity index (χ1v) is 7.56. The summed E-state index contributed by atoms with van der Waals surface area (Å²) in [6, 6.07) is 12.3. The number of piperidine rings is 1. The zero-order chi connectivity index (χ0) is 15.4. The van der Waals surface area contributed by atoms with Crippen molar-refractivity contribution in [3.05, 3.63) is 54.0 Å². The molecular weight excluding hydrogens is 280 g/mol. The highest BCUT2D eigenvalue weighted by atomic mass is 16.4. The van der Waals surface area contributed by atoms with E-state index in [9.17, 15) is 4.79 Å². The quantitative estimate of drug-likeness (QED) is 0.888. The van der Waals surface area contributed by atoms with Crippen LogP contribution in [-0.2, 0) is 6.54 Å². The van der Waals surface area contributed by atoms with E-state index in [-0.39, 0.29) is 5.76 Å². The molecule has 1 aliphatic rings. The van der Waals surface area contributed by atoms with Crippen molar-refractivity contribution in [2.24, 2.45) is 0 Å². The van der Waals surface area contributed by atoms with Gasteiger partial charge in [-0.1, -0.05) is 18.2 Å². The van der Waals surface area contributed by atoms with Crippen LogP contribution >= 0.6 is 0 Å². The van der Waals surface area contributed by atoms with Gasteiger partial charge in [0.25, 0.3) is 0 Å². The first kappa shape index (κ1) is 14.7. The van der Waals surface area contributed by atoms with Crippen molar-refractivity contribution in [1.82, 2.24) is 4.90 Å². The average molecular weight is 300 g/mol. The third-order valence-corrected chi connectivity index (χ3v) is 3.99. The van der Waals surface area contributed by atoms with Crippen molar-refractivity contribution >= 4 is 11.7 Å². The fraction of sp³-hybridized carbons (Fsp3) is 0.353. The summed E-state index contributed by atoms with van der Waals surface area (Å²) in [5.74, 6) is -0.950. The molecule has 0 bridgehead atoms. The zero-order valence-electron chi connectivity index (χ0n) is 12.4. The van der Waals surface area contributed by atoms with E-state index in [1.807, 2.05) is 18.2 Å². The molecule has 5 heteroatoms. The van der Waals surface area contributed by atoms with Crippen molar-refractivity contribution in [2.75, 3.05) is 18.4 Å². The normalized spacial score (nSPS) is 19.0. The lowest BCUT2D eigenvalue weighted by molar-refractivity contribution is 0.0658. The predicted octanol–water partition coefficient (Wildman–Crippen LogP) is 3.05. The molecule has 22 heavy (non-hydrogen) atoms. The van der Waals surface area contributed by atoms with Gasteiger partial charge in [0.05, 0.1) is 6.26 Å². The highest BCUT2D eigenvalue weighted by molar-refractivity contribution is 5.86. The summed E-state index contributed by atoms with van der Waals surface area (Å²) >= 11 is 0. The second-order valence-electron chi connectivity index (χ2n) is 5.66. The Morgan fingerprint density at radius 2 is 2.14 bits per heavy atom. The van der Waals surface area contributed by atoms with Crippen molar-refractivity contribution in [2.45, 2.75) is 25.4 Å². The molecule has 2 aromatic rings. The number of anilines is 1. The van der Waals surface area contributed by atoms with Crippen LogP contribution in [0.4, 0.5) is 5.69 Å². The Bertz CT molecular complexity index is 624. The van der Waals surface area contributed by atoms with Gasteiger partial charge in [-0.2, -0.15) is 0 Å². The van der Waals surface area contributed by atoms with Crippen LogP contribution in [0.1, 0.15) is 29.0 Å². The Kier molecular flexibility index (Phi) is 4.44. The number of aromatic carboxylic acids is 1. The summed E-state index contributed by atoms with van der Waals surface area (Å²) < 4.78 is 5.05. The molecule has 0 radical (unpaired) electrons. The van der Waals surface area contributed by atoms with Crippen molar-refractivity contribution in [1.29, 1.82) is 0 Å². The van der Waals surface area contributed by atoms with Crippen LogP contribution in [0.2, 0.25) is 0 Å². The van der Waals surface area contributed by atoms with Gasteiger partial charge in [0.2, 0.25) is 5.76 Å². The molecule has 1 fully saturated rings. The monoisotopic (exact) mass is 300 g/mol. The number of hydrogen-bond acceptors (Lipinski definition) is 4. The predicted molar refractivity (Wildman–Crippen MR) is 84.0 cm³/mol. The van der Waals surface area contributed by atoms with Gasteiger partial charge < -0.3 is 14.8 Å². The molecule has 0 saturated carbocycles. The summed E-state index contributed by atoms with van der Waals surface area (Å²) in [4.78, 5) is 13.4. The molecule has 1 atom stereocenters. The average Bonchev–Trinajstić information content (AvgIpc) is 2.97. The summed E-state index contributed by atoms with van der Waals surface area (Å²) in [6.45, 7) is 2.50. The van der Waals surface area contributed by atoms with Crippen LogP contribution in [0.3, 0.4) is 0 Å². The first-order chi connectivity index (χ1) is 10.7. The second-order valence-corrected chi connectivity index (χ2v) is 5.66. The van der Waals surface area contributed by atoms with Crippen LogP contribution in [0.15, 0.2) is 47.1 Å². The van der Waals surface area contributed by atoms with Gasteiger partial charge in [-0.25, -0.2) is 4.79 Å². The van der Waals surface area contributed by atoms with Gasteiger partial charge in [-0.3, -0.25) is 4.90 Å². The van der Waals surface area contributed by atoms with Crippen LogP contribution in [0, 0.1) is 0 Å². The van der Waals surface area contributed by atoms with Gasteiger partial charge in [0.15, 0.2) is 0 Å². The number of nitrogens with zero attached hydrogens (tertiary/aromatic N) is 1. The molecule has 1 saturated heterocycles. The number of benzene rings is 1. The van der Waals surface area contributed by atoms with Gasteiger partial charge in [-0.15, -0.1) is 0 Å². The molecule has 0 spiro atoms. The Hall–Kier alpha value is -2.27. The Labute approximate surface area is 129 Å². The number of para-hydroxylation sites is 1. The first-order valence-electron chi connectivity index (χ1n) is 7.56. The number of hydrogen-bond donors (Lipinski definition) is 2. The van der Waals surface area contributed by atoms with Crippen LogP contribution < -0.4 is 5.32 Å². The van der Waals surface area contributed by atoms with Gasteiger partial charge in [0, 0.05) is 30.4 Å². The minimum Gasteiger partial charge on any atom is -0.475 e. The number of carbonyl (C=O) groups is 1. The van der Waals surface area contributed by atoms with Crippen LogP contribution in [0.5, 0.6) is 0 Å². The summed E-state index contributed by atoms with van der Waals surface area (Å²) in [7, 11) is 0. The SMILES string of the molecule is O=C(O)c1occc1CN1CCCC(Nc2ccccc2)C1. The standard InChI is InChI=1S/C17H20N2O3/c20-17(21)16-13(8-10-22-16)11-19-9-4-7-15(12-19)18-14-5-2-1-3-6-14/h1-3,5-6,8,10,15,18H,4,7,9,11-12H2,(H,20,21). The molecule has 5 nitrogen and oxygen atoms in total. The van der Waals surface area contributed by atoms with E-state index in [4.69, 9.17) is 9.52 Å². The maximum absolute atomic E-state index is 11.1. The molecule has 0 aliphatic carbocycles. The fourth-order valence-corrected chi connectivity index (χ4v) is 2.98. The Balaban J connectivity index is 1.61. The Morgan fingerprint density at radius 3 is 2.91 bits per heavy atom. The van der Waals surface area contributed by atoms with E-state index >= 15 is 0 Å². The molecule has 1 aromatic heterocycles. The third kappa shape index (κ3) is 3.49. The van der Waals surface area contributed by atoms with E-state index in [1.165, 1.54) is 6.26 Å². The molecular formula is C17H20N2O3. The number of furan rings is 1. The van der Waals surface area contributed by atoms with Gasteiger partial charge in [-0.05, 0) is 37.6 Å². The fourth-order valence-electron chi connectivity index (χ4n) is 2.98. The smallest absolute Gasteiger partial charge is 0.372 e. The summed E-state index contributed by atoms with van der Waals surface area (Å²) in [5.41, 5.74) is 1.87. The van der Waals surface area contributed by atoms with E-state index in [2.05, 4.69) is 22.3 Å². The molecule has 1 aliphatic heterocycles. The lowest BCUT2D eigenvalue weighted by atomic mass is 10.0. The lowest BCUT2D eigenvalue weighted by Gasteiger charge is -2.33. The zero-order valence-corrected chi connectivity index (χ0v) is 12.4. The minimum atomic E-state index is -1.00. The summed E-state index contributed by atoms with van der Waals surface area (Å²) in [6.07, 6.45) is 3.68. The third-order valence-electron chi connectivity index (χ3n) is 3.99. The largest absolute Gasteiger partial charge is 0.475 e.